The lowest BCUT2D eigenvalue weighted by atomic mass is 10.1. The number of pyridine rings is 1. The maximum atomic E-state index is 4.60. The average molecular weight is 263 g/mol. The van der Waals surface area contributed by atoms with Crippen LogP contribution in [0.25, 0.3) is 0 Å². The van der Waals surface area contributed by atoms with E-state index in [9.17, 15) is 0 Å². The summed E-state index contributed by atoms with van der Waals surface area (Å²) in [5, 5.41) is 3.49. The number of anilines is 1. The summed E-state index contributed by atoms with van der Waals surface area (Å²) >= 11 is 0. The van der Waals surface area contributed by atoms with Crippen LogP contribution in [-0.2, 0) is 0 Å². The first kappa shape index (κ1) is 16.0. The monoisotopic (exact) mass is 263 g/mol. The van der Waals surface area contributed by atoms with Gasteiger partial charge in [-0.25, -0.2) is 4.98 Å². The summed E-state index contributed by atoms with van der Waals surface area (Å²) in [4.78, 5) is 6.86. The summed E-state index contributed by atoms with van der Waals surface area (Å²) in [7, 11) is 2.13. The number of aromatic nitrogens is 1. The van der Waals surface area contributed by atoms with Gasteiger partial charge in [-0.1, -0.05) is 26.3 Å². The summed E-state index contributed by atoms with van der Waals surface area (Å²) in [6.45, 7) is 9.91. The minimum atomic E-state index is 0.375. The number of hydrogen-bond donors (Lipinski definition) is 1. The van der Waals surface area contributed by atoms with E-state index in [1.807, 2.05) is 6.20 Å². The second-order valence-corrected chi connectivity index (χ2v) is 5.37. The van der Waals surface area contributed by atoms with Gasteiger partial charge in [-0.15, -0.1) is 0 Å². The molecule has 3 heteroatoms. The van der Waals surface area contributed by atoms with Gasteiger partial charge in [0, 0.05) is 25.3 Å². The van der Waals surface area contributed by atoms with Crippen molar-refractivity contribution in [2.75, 3.05) is 18.5 Å². The van der Waals surface area contributed by atoms with Crippen molar-refractivity contribution >= 4 is 5.82 Å². The zero-order valence-electron chi connectivity index (χ0n) is 13.1. The van der Waals surface area contributed by atoms with Crippen molar-refractivity contribution in [2.24, 2.45) is 0 Å². The molecule has 2 atom stereocenters. The van der Waals surface area contributed by atoms with Crippen molar-refractivity contribution < 1.29 is 0 Å². The normalized spacial score (nSPS) is 14.2. The Morgan fingerprint density at radius 1 is 1.21 bits per heavy atom. The molecule has 1 aromatic heterocycles. The van der Waals surface area contributed by atoms with E-state index >= 15 is 0 Å². The van der Waals surface area contributed by atoms with Crippen molar-refractivity contribution in [2.45, 2.75) is 59.0 Å². The molecule has 0 bridgehead atoms. The van der Waals surface area contributed by atoms with Crippen LogP contribution in [0, 0.1) is 0 Å². The summed E-state index contributed by atoms with van der Waals surface area (Å²) in [5.41, 5.74) is 1.26. The van der Waals surface area contributed by atoms with Crippen LogP contribution in [0.15, 0.2) is 18.3 Å². The topological polar surface area (TPSA) is 28.2 Å². The van der Waals surface area contributed by atoms with Gasteiger partial charge < -0.3 is 10.2 Å². The summed E-state index contributed by atoms with van der Waals surface area (Å²) in [5.74, 6) is 1.06. The minimum absolute atomic E-state index is 0.375. The molecule has 1 aromatic rings. The van der Waals surface area contributed by atoms with Gasteiger partial charge in [0.1, 0.15) is 5.82 Å². The lowest BCUT2D eigenvalue weighted by Crippen LogP contribution is -2.29. The third kappa shape index (κ3) is 4.83. The molecule has 0 saturated heterocycles. The Morgan fingerprint density at radius 2 is 1.95 bits per heavy atom. The largest absolute Gasteiger partial charge is 0.357 e. The number of rotatable bonds is 8. The maximum absolute atomic E-state index is 4.60. The van der Waals surface area contributed by atoms with E-state index in [4.69, 9.17) is 0 Å². The molecule has 3 nitrogen and oxygen atoms in total. The van der Waals surface area contributed by atoms with E-state index in [1.165, 1.54) is 18.4 Å². The molecule has 0 saturated carbocycles. The van der Waals surface area contributed by atoms with E-state index < -0.39 is 0 Å². The fourth-order valence-electron chi connectivity index (χ4n) is 2.18. The van der Waals surface area contributed by atoms with Gasteiger partial charge >= 0.3 is 0 Å². The zero-order chi connectivity index (χ0) is 14.3. The van der Waals surface area contributed by atoms with Crippen molar-refractivity contribution in [3.8, 4) is 0 Å². The van der Waals surface area contributed by atoms with Crippen molar-refractivity contribution in [3.05, 3.63) is 23.9 Å². The van der Waals surface area contributed by atoms with Crippen LogP contribution in [-0.4, -0.2) is 24.6 Å². The van der Waals surface area contributed by atoms with E-state index in [0.29, 0.717) is 12.1 Å². The smallest absolute Gasteiger partial charge is 0.128 e. The van der Waals surface area contributed by atoms with Crippen LogP contribution < -0.4 is 10.2 Å². The summed E-state index contributed by atoms with van der Waals surface area (Å²) < 4.78 is 0. The maximum Gasteiger partial charge on any atom is 0.128 e. The van der Waals surface area contributed by atoms with Gasteiger partial charge in [0.15, 0.2) is 0 Å². The molecule has 19 heavy (non-hydrogen) atoms. The van der Waals surface area contributed by atoms with Gasteiger partial charge in [0.2, 0.25) is 0 Å². The summed E-state index contributed by atoms with van der Waals surface area (Å²) in [6, 6.07) is 5.23. The Balaban J connectivity index is 2.65. The molecular weight excluding hydrogens is 234 g/mol. The first-order valence-electron chi connectivity index (χ1n) is 7.52. The number of hydrogen-bond acceptors (Lipinski definition) is 3. The molecule has 108 valence electrons. The van der Waals surface area contributed by atoms with Gasteiger partial charge in [0.25, 0.3) is 0 Å². The second-order valence-electron chi connectivity index (χ2n) is 5.37. The molecule has 1 heterocycles. The van der Waals surface area contributed by atoms with Gasteiger partial charge in [-0.05, 0) is 44.9 Å². The molecule has 0 amide bonds. The molecule has 0 spiro atoms. The van der Waals surface area contributed by atoms with Crippen LogP contribution in [0.5, 0.6) is 0 Å². The van der Waals surface area contributed by atoms with Crippen molar-refractivity contribution in [1.29, 1.82) is 0 Å². The Hall–Kier alpha value is -1.09. The van der Waals surface area contributed by atoms with Crippen LogP contribution in [0.1, 0.15) is 58.6 Å². The molecule has 1 rings (SSSR count). The molecule has 0 fully saturated rings. The van der Waals surface area contributed by atoms with E-state index in [2.05, 4.69) is 62.1 Å². The molecular formula is C16H29N3. The molecule has 0 aromatic carbocycles. The molecule has 0 radical (unpaired) electrons. The highest BCUT2D eigenvalue weighted by atomic mass is 15.2. The number of nitrogens with zero attached hydrogens (tertiary/aromatic N) is 2. The third-order valence-electron chi connectivity index (χ3n) is 3.70. The highest BCUT2D eigenvalue weighted by Crippen LogP contribution is 2.18. The minimum Gasteiger partial charge on any atom is -0.357 e. The van der Waals surface area contributed by atoms with Crippen LogP contribution in [0.2, 0.25) is 0 Å². The van der Waals surface area contributed by atoms with Crippen LogP contribution in [0.4, 0.5) is 5.82 Å². The van der Waals surface area contributed by atoms with Crippen LogP contribution in [0.3, 0.4) is 0 Å². The van der Waals surface area contributed by atoms with Gasteiger partial charge in [-0.2, -0.15) is 0 Å². The fourth-order valence-corrected chi connectivity index (χ4v) is 2.18. The van der Waals surface area contributed by atoms with Crippen molar-refractivity contribution in [3.63, 3.8) is 0 Å². The summed E-state index contributed by atoms with van der Waals surface area (Å²) in [6.07, 6.45) is 5.57. The highest BCUT2D eigenvalue weighted by Gasteiger charge is 2.11. The molecule has 0 aliphatic rings. The van der Waals surface area contributed by atoms with Gasteiger partial charge in [0.05, 0.1) is 0 Å². The van der Waals surface area contributed by atoms with E-state index in [0.717, 1.165) is 18.8 Å². The van der Waals surface area contributed by atoms with Gasteiger partial charge in [-0.3, -0.25) is 0 Å². The molecule has 1 N–H and O–H groups in total. The zero-order valence-corrected chi connectivity index (χ0v) is 13.1. The predicted molar refractivity (Wildman–Crippen MR) is 83.7 cm³/mol. The number of nitrogens with one attached hydrogen (secondary N) is 1. The SMILES string of the molecule is CCCNC(C)c1ccc(N(C)C(C)CCC)nc1. The molecule has 2 unspecified atom stereocenters. The highest BCUT2D eigenvalue weighted by molar-refractivity contribution is 5.39. The quantitative estimate of drug-likeness (QED) is 0.774. The fraction of sp³-hybridized carbons (Fsp3) is 0.688. The predicted octanol–water partition coefficient (Wildman–Crippen LogP) is 3.77. The average Bonchev–Trinajstić information content (AvgIpc) is 2.44. The standard InChI is InChI=1S/C16H29N3/c1-6-8-13(3)19(5)16-10-9-15(12-18-16)14(4)17-11-7-2/h9-10,12-14,17H,6-8,11H2,1-5H3. The van der Waals surface area contributed by atoms with Crippen LogP contribution >= 0.6 is 0 Å². The third-order valence-corrected chi connectivity index (χ3v) is 3.70. The first-order valence-corrected chi connectivity index (χ1v) is 7.52. The first-order chi connectivity index (χ1) is 9.10. The van der Waals surface area contributed by atoms with E-state index in [-0.39, 0.29) is 0 Å². The molecule has 0 aliphatic heterocycles. The Bertz CT molecular complexity index is 348. The lowest BCUT2D eigenvalue weighted by molar-refractivity contribution is 0.568. The Labute approximate surface area is 118 Å². The Morgan fingerprint density at radius 3 is 2.47 bits per heavy atom. The second kappa shape index (κ2) is 8.16. The Kier molecular flexibility index (Phi) is 6.85. The van der Waals surface area contributed by atoms with Crippen molar-refractivity contribution in [1.82, 2.24) is 10.3 Å². The molecule has 0 aliphatic carbocycles. The van der Waals surface area contributed by atoms with E-state index in [1.54, 1.807) is 0 Å². The lowest BCUT2D eigenvalue weighted by Gasteiger charge is -2.26.